The summed E-state index contributed by atoms with van der Waals surface area (Å²) in [6, 6.07) is 0. The molecule has 0 radical (unpaired) electrons. The Labute approximate surface area is 82.3 Å². The third-order valence-electron chi connectivity index (χ3n) is 2.15. The van der Waals surface area contributed by atoms with E-state index < -0.39 is 17.9 Å². The molecule has 1 fully saturated rings. The molecule has 5 nitrogen and oxygen atoms in total. The Morgan fingerprint density at radius 3 is 2.21 bits per heavy atom. The van der Waals surface area contributed by atoms with Gasteiger partial charge in [0.05, 0.1) is 26.9 Å². The van der Waals surface area contributed by atoms with E-state index in [1.807, 2.05) is 0 Å². The number of methoxy groups -OCH3 is 2. The van der Waals surface area contributed by atoms with E-state index in [4.69, 9.17) is 4.74 Å². The van der Waals surface area contributed by atoms with Gasteiger partial charge in [0.25, 0.3) is 0 Å². The van der Waals surface area contributed by atoms with Crippen LogP contribution in [-0.4, -0.2) is 38.9 Å². The molecule has 0 aromatic heterocycles. The van der Waals surface area contributed by atoms with Crippen molar-refractivity contribution in [3.05, 3.63) is 0 Å². The fourth-order valence-corrected chi connectivity index (χ4v) is 1.20. The summed E-state index contributed by atoms with van der Waals surface area (Å²) in [5, 5.41) is 0. The van der Waals surface area contributed by atoms with Crippen molar-refractivity contribution in [2.75, 3.05) is 20.8 Å². The van der Waals surface area contributed by atoms with Crippen molar-refractivity contribution in [1.29, 1.82) is 0 Å². The summed E-state index contributed by atoms with van der Waals surface area (Å²) >= 11 is 0. The summed E-state index contributed by atoms with van der Waals surface area (Å²) < 4.78 is 14.0. The lowest BCUT2D eigenvalue weighted by molar-refractivity contribution is -0.159. The first-order valence-corrected chi connectivity index (χ1v) is 4.46. The fourth-order valence-electron chi connectivity index (χ4n) is 1.20. The Kier molecular flexibility index (Phi) is 3.88. The van der Waals surface area contributed by atoms with E-state index in [1.54, 1.807) is 0 Å². The second-order valence-electron chi connectivity index (χ2n) is 3.13. The zero-order valence-corrected chi connectivity index (χ0v) is 8.32. The summed E-state index contributed by atoms with van der Waals surface area (Å²) in [6.07, 6.45) is 1.31. The van der Waals surface area contributed by atoms with E-state index in [1.165, 1.54) is 14.2 Å². The van der Waals surface area contributed by atoms with E-state index in [0.717, 1.165) is 6.61 Å². The summed E-state index contributed by atoms with van der Waals surface area (Å²) in [7, 11) is 2.51. The molecule has 0 aromatic carbocycles. The lowest BCUT2D eigenvalue weighted by atomic mass is 10.0. The minimum absolute atomic E-state index is 0.201. The van der Waals surface area contributed by atoms with Crippen molar-refractivity contribution in [3.63, 3.8) is 0 Å². The fraction of sp³-hybridized carbons (Fsp3) is 0.778. The highest BCUT2D eigenvalue weighted by molar-refractivity contribution is 5.94. The maximum absolute atomic E-state index is 11.2. The van der Waals surface area contributed by atoms with Crippen LogP contribution in [0.3, 0.4) is 0 Å². The molecule has 0 N–H and O–H groups in total. The van der Waals surface area contributed by atoms with Crippen LogP contribution in [0.4, 0.5) is 0 Å². The van der Waals surface area contributed by atoms with Crippen LogP contribution in [0.1, 0.15) is 12.8 Å². The maximum Gasteiger partial charge on any atom is 0.320 e. The standard InChI is InChI=1S/C9H14O5/c1-12-8(10)7(9(11)13-2)4-3-6-5-14-6/h6-7H,3-5H2,1-2H3/t6-/m1/s1. The van der Waals surface area contributed by atoms with Crippen LogP contribution in [0.5, 0.6) is 0 Å². The Morgan fingerprint density at radius 1 is 1.36 bits per heavy atom. The molecule has 0 aromatic rings. The maximum atomic E-state index is 11.2. The van der Waals surface area contributed by atoms with Crippen LogP contribution >= 0.6 is 0 Å². The third kappa shape index (κ3) is 2.99. The van der Waals surface area contributed by atoms with Gasteiger partial charge < -0.3 is 14.2 Å². The van der Waals surface area contributed by atoms with Crippen molar-refractivity contribution in [2.24, 2.45) is 5.92 Å². The van der Waals surface area contributed by atoms with Gasteiger partial charge >= 0.3 is 11.9 Å². The number of carbonyl (C=O) groups is 2. The lowest BCUT2D eigenvalue weighted by Crippen LogP contribution is -2.26. The number of carbonyl (C=O) groups excluding carboxylic acids is 2. The molecule has 1 atom stereocenters. The van der Waals surface area contributed by atoms with Crippen LogP contribution < -0.4 is 0 Å². The zero-order chi connectivity index (χ0) is 10.6. The molecular formula is C9H14O5. The average molecular weight is 202 g/mol. The molecule has 1 aliphatic heterocycles. The van der Waals surface area contributed by atoms with Crippen LogP contribution in [0, 0.1) is 5.92 Å². The van der Waals surface area contributed by atoms with E-state index in [0.29, 0.717) is 12.8 Å². The Bertz CT molecular complexity index is 205. The summed E-state index contributed by atoms with van der Waals surface area (Å²) in [5.41, 5.74) is 0. The Balaban J connectivity index is 2.41. The molecule has 1 rings (SSSR count). The van der Waals surface area contributed by atoms with E-state index in [9.17, 15) is 9.59 Å². The first kappa shape index (κ1) is 11.0. The van der Waals surface area contributed by atoms with Crippen LogP contribution in [0.15, 0.2) is 0 Å². The molecule has 0 unspecified atom stereocenters. The van der Waals surface area contributed by atoms with Crippen LogP contribution in [-0.2, 0) is 23.8 Å². The van der Waals surface area contributed by atoms with Crippen LogP contribution in [0.2, 0.25) is 0 Å². The largest absolute Gasteiger partial charge is 0.468 e. The molecule has 80 valence electrons. The predicted molar refractivity (Wildman–Crippen MR) is 46.5 cm³/mol. The molecule has 0 saturated carbocycles. The van der Waals surface area contributed by atoms with Crippen molar-refractivity contribution in [1.82, 2.24) is 0 Å². The second-order valence-corrected chi connectivity index (χ2v) is 3.13. The molecular weight excluding hydrogens is 188 g/mol. The van der Waals surface area contributed by atoms with Gasteiger partial charge in [-0.05, 0) is 12.8 Å². The number of ether oxygens (including phenoxy) is 3. The van der Waals surface area contributed by atoms with Crippen molar-refractivity contribution in [2.45, 2.75) is 18.9 Å². The molecule has 1 aliphatic rings. The molecule has 1 heterocycles. The normalized spacial score (nSPS) is 19.2. The lowest BCUT2D eigenvalue weighted by Gasteiger charge is -2.10. The van der Waals surface area contributed by atoms with Gasteiger partial charge in [0.2, 0.25) is 0 Å². The van der Waals surface area contributed by atoms with Gasteiger partial charge in [-0.15, -0.1) is 0 Å². The SMILES string of the molecule is COC(=O)C(CC[C@@H]1CO1)C(=O)OC. The Hall–Kier alpha value is -1.10. The molecule has 0 aliphatic carbocycles. The van der Waals surface area contributed by atoms with Gasteiger partial charge in [0.1, 0.15) is 0 Å². The minimum atomic E-state index is -0.811. The number of rotatable bonds is 5. The highest BCUT2D eigenvalue weighted by Gasteiger charge is 2.32. The van der Waals surface area contributed by atoms with E-state index in [-0.39, 0.29) is 6.10 Å². The summed E-state index contributed by atoms with van der Waals surface area (Å²) in [5.74, 6) is -1.90. The second kappa shape index (κ2) is 4.95. The zero-order valence-electron chi connectivity index (χ0n) is 8.32. The molecule has 0 spiro atoms. The smallest absolute Gasteiger partial charge is 0.320 e. The van der Waals surface area contributed by atoms with Gasteiger partial charge in [-0.1, -0.05) is 0 Å². The quantitative estimate of drug-likeness (QED) is 0.360. The van der Waals surface area contributed by atoms with Gasteiger partial charge in [0.15, 0.2) is 5.92 Å². The first-order valence-electron chi connectivity index (χ1n) is 4.46. The molecule has 5 heteroatoms. The van der Waals surface area contributed by atoms with Crippen LogP contribution in [0.25, 0.3) is 0 Å². The van der Waals surface area contributed by atoms with Gasteiger partial charge in [-0.3, -0.25) is 9.59 Å². The summed E-state index contributed by atoms with van der Waals surface area (Å²) in [6.45, 7) is 0.717. The van der Waals surface area contributed by atoms with Gasteiger partial charge in [0, 0.05) is 0 Å². The number of esters is 2. The molecule has 0 amide bonds. The topological polar surface area (TPSA) is 65.1 Å². The highest BCUT2D eigenvalue weighted by Crippen LogP contribution is 2.20. The Morgan fingerprint density at radius 2 is 1.86 bits per heavy atom. The minimum Gasteiger partial charge on any atom is -0.468 e. The first-order chi connectivity index (χ1) is 6.69. The van der Waals surface area contributed by atoms with Crippen molar-refractivity contribution >= 4 is 11.9 Å². The van der Waals surface area contributed by atoms with Crippen molar-refractivity contribution < 1.29 is 23.8 Å². The van der Waals surface area contributed by atoms with Gasteiger partial charge in [-0.25, -0.2) is 0 Å². The van der Waals surface area contributed by atoms with E-state index in [2.05, 4.69) is 9.47 Å². The van der Waals surface area contributed by atoms with Gasteiger partial charge in [-0.2, -0.15) is 0 Å². The van der Waals surface area contributed by atoms with E-state index >= 15 is 0 Å². The number of epoxide rings is 1. The van der Waals surface area contributed by atoms with Crippen molar-refractivity contribution in [3.8, 4) is 0 Å². The monoisotopic (exact) mass is 202 g/mol. The number of hydrogen-bond acceptors (Lipinski definition) is 5. The number of hydrogen-bond donors (Lipinski definition) is 0. The average Bonchev–Trinajstić information content (AvgIpc) is 3.00. The molecule has 14 heavy (non-hydrogen) atoms. The highest BCUT2D eigenvalue weighted by atomic mass is 16.6. The molecule has 1 saturated heterocycles. The summed E-state index contributed by atoms with van der Waals surface area (Å²) in [4.78, 5) is 22.4. The predicted octanol–water partition coefficient (Wildman–Crippen LogP) is 0.128. The third-order valence-corrected chi connectivity index (χ3v) is 2.15. The molecule has 0 bridgehead atoms.